The van der Waals surface area contributed by atoms with Crippen LogP contribution < -0.4 is 10.1 Å². The number of hydrogen-bond donors (Lipinski definition) is 2. The van der Waals surface area contributed by atoms with Crippen molar-refractivity contribution in [2.75, 3.05) is 20.8 Å². The summed E-state index contributed by atoms with van der Waals surface area (Å²) in [7, 11) is 3.09. The van der Waals surface area contributed by atoms with E-state index < -0.39 is 0 Å². The molecule has 3 rings (SSSR count). The van der Waals surface area contributed by atoms with Crippen LogP contribution in [0.5, 0.6) is 5.75 Å². The zero-order chi connectivity index (χ0) is 18.5. The average molecular weight is 353 g/mol. The molecule has 2 atom stereocenters. The molecule has 0 aliphatic heterocycles. The number of benzene rings is 2. The van der Waals surface area contributed by atoms with Crippen molar-refractivity contribution in [3.63, 3.8) is 0 Å². The van der Waals surface area contributed by atoms with E-state index in [0.717, 1.165) is 17.8 Å². The fraction of sp³-hybridized carbons (Fsp3) is 0.286. The standard InChI is InChI=1S/C21H24N2O3/c1-14(21(24)26-3)22-12-18(15-8-10-16(25-2)11-9-15)19-13-23-20-7-5-4-6-17(19)20/h4-11,13-14,18,22-23H,12H2,1-3H3/p+1/t14-,18+/m0/s1. The molecule has 1 heterocycles. The molecule has 136 valence electrons. The number of H-pyrrole nitrogens is 1. The minimum atomic E-state index is -0.244. The number of aromatic amines is 1. The zero-order valence-corrected chi connectivity index (χ0v) is 15.4. The Bertz CT molecular complexity index is 870. The summed E-state index contributed by atoms with van der Waals surface area (Å²) >= 11 is 0. The Kier molecular flexibility index (Phi) is 5.58. The predicted octanol–water partition coefficient (Wildman–Crippen LogP) is 2.43. The van der Waals surface area contributed by atoms with Crippen LogP contribution in [0.4, 0.5) is 0 Å². The Morgan fingerprint density at radius 1 is 1.12 bits per heavy atom. The van der Waals surface area contributed by atoms with E-state index in [2.05, 4.69) is 35.4 Å². The lowest BCUT2D eigenvalue weighted by Gasteiger charge is -2.18. The number of ether oxygens (including phenoxy) is 2. The number of para-hydroxylation sites is 1. The highest BCUT2D eigenvalue weighted by molar-refractivity contribution is 5.84. The molecule has 1 aromatic heterocycles. The van der Waals surface area contributed by atoms with Crippen molar-refractivity contribution in [2.24, 2.45) is 0 Å². The lowest BCUT2D eigenvalue weighted by atomic mass is 9.90. The van der Waals surface area contributed by atoms with E-state index in [0.29, 0.717) is 0 Å². The summed E-state index contributed by atoms with van der Waals surface area (Å²) < 4.78 is 10.1. The van der Waals surface area contributed by atoms with Gasteiger partial charge in [-0.05, 0) is 36.2 Å². The molecule has 3 N–H and O–H groups in total. The lowest BCUT2D eigenvalue weighted by molar-refractivity contribution is -0.676. The summed E-state index contributed by atoms with van der Waals surface area (Å²) in [5, 5.41) is 3.23. The number of esters is 1. The first-order valence-electron chi connectivity index (χ1n) is 8.75. The summed E-state index contributed by atoms with van der Waals surface area (Å²) in [5.74, 6) is 0.764. The van der Waals surface area contributed by atoms with Gasteiger partial charge in [-0.15, -0.1) is 0 Å². The summed E-state index contributed by atoms with van der Waals surface area (Å²) in [6, 6.07) is 16.1. The van der Waals surface area contributed by atoms with Gasteiger partial charge in [-0.3, -0.25) is 0 Å². The Labute approximate surface area is 153 Å². The number of methoxy groups -OCH3 is 2. The fourth-order valence-electron chi connectivity index (χ4n) is 3.28. The van der Waals surface area contributed by atoms with Crippen molar-refractivity contribution in [1.29, 1.82) is 0 Å². The van der Waals surface area contributed by atoms with Crippen LogP contribution >= 0.6 is 0 Å². The van der Waals surface area contributed by atoms with Crippen LogP contribution in [0, 0.1) is 0 Å². The monoisotopic (exact) mass is 353 g/mol. The van der Waals surface area contributed by atoms with Crippen LogP contribution in [0.25, 0.3) is 10.9 Å². The van der Waals surface area contributed by atoms with Crippen molar-refractivity contribution < 1.29 is 19.6 Å². The van der Waals surface area contributed by atoms with Crippen molar-refractivity contribution >= 4 is 16.9 Å². The van der Waals surface area contributed by atoms with Crippen LogP contribution in [0.3, 0.4) is 0 Å². The number of rotatable bonds is 7. The van der Waals surface area contributed by atoms with Crippen molar-refractivity contribution in [3.05, 3.63) is 65.9 Å². The van der Waals surface area contributed by atoms with Gasteiger partial charge < -0.3 is 19.8 Å². The lowest BCUT2D eigenvalue weighted by Crippen LogP contribution is -2.92. The molecular weight excluding hydrogens is 328 g/mol. The maximum Gasteiger partial charge on any atom is 0.364 e. The van der Waals surface area contributed by atoms with Crippen LogP contribution in [0.2, 0.25) is 0 Å². The molecule has 0 amide bonds. The average Bonchev–Trinajstić information content (AvgIpc) is 3.12. The molecule has 26 heavy (non-hydrogen) atoms. The van der Waals surface area contributed by atoms with Gasteiger partial charge >= 0.3 is 5.97 Å². The third-order valence-corrected chi connectivity index (χ3v) is 4.81. The molecule has 5 nitrogen and oxygen atoms in total. The second kappa shape index (κ2) is 8.06. The van der Waals surface area contributed by atoms with Crippen LogP contribution in [-0.2, 0) is 9.53 Å². The van der Waals surface area contributed by atoms with E-state index in [1.54, 1.807) is 7.11 Å². The molecule has 0 radical (unpaired) electrons. The van der Waals surface area contributed by atoms with E-state index >= 15 is 0 Å². The first-order valence-corrected chi connectivity index (χ1v) is 8.75. The molecule has 3 aromatic rings. The molecular formula is C21H25N2O3+. The number of carbonyl (C=O) groups excluding carboxylic acids is 1. The molecule has 0 unspecified atom stereocenters. The van der Waals surface area contributed by atoms with Crippen molar-refractivity contribution in [2.45, 2.75) is 18.9 Å². The van der Waals surface area contributed by atoms with Gasteiger partial charge in [0.05, 0.1) is 26.7 Å². The topological polar surface area (TPSA) is 67.9 Å². The third kappa shape index (κ3) is 3.73. The molecule has 0 aliphatic carbocycles. The van der Waals surface area contributed by atoms with Gasteiger partial charge in [0.25, 0.3) is 0 Å². The molecule has 0 aliphatic rings. The Morgan fingerprint density at radius 3 is 2.54 bits per heavy atom. The molecule has 0 fully saturated rings. The highest BCUT2D eigenvalue weighted by Gasteiger charge is 2.23. The van der Waals surface area contributed by atoms with Gasteiger partial charge in [0, 0.05) is 17.1 Å². The highest BCUT2D eigenvalue weighted by atomic mass is 16.5. The Morgan fingerprint density at radius 2 is 1.85 bits per heavy atom. The minimum absolute atomic E-state index is 0.143. The molecule has 0 bridgehead atoms. The van der Waals surface area contributed by atoms with E-state index in [1.807, 2.05) is 36.5 Å². The maximum atomic E-state index is 11.8. The van der Waals surface area contributed by atoms with E-state index in [-0.39, 0.29) is 17.9 Å². The van der Waals surface area contributed by atoms with Crippen LogP contribution in [-0.4, -0.2) is 37.8 Å². The Hall–Kier alpha value is -2.79. The highest BCUT2D eigenvalue weighted by Crippen LogP contribution is 2.30. The minimum Gasteiger partial charge on any atom is -0.497 e. The molecule has 5 heteroatoms. The number of carbonyl (C=O) groups is 1. The largest absolute Gasteiger partial charge is 0.497 e. The van der Waals surface area contributed by atoms with E-state index in [1.165, 1.54) is 23.6 Å². The summed E-state index contributed by atoms with van der Waals surface area (Å²) in [4.78, 5) is 15.1. The van der Waals surface area contributed by atoms with E-state index in [4.69, 9.17) is 9.47 Å². The van der Waals surface area contributed by atoms with Gasteiger partial charge in [0.15, 0.2) is 6.04 Å². The van der Waals surface area contributed by atoms with Crippen molar-refractivity contribution in [3.8, 4) is 5.75 Å². The quantitative estimate of drug-likeness (QED) is 0.641. The predicted molar refractivity (Wildman–Crippen MR) is 101 cm³/mol. The molecule has 0 spiro atoms. The number of nitrogens with one attached hydrogen (secondary N) is 1. The SMILES string of the molecule is COC(=O)[C@H](C)[NH2+]C[C@H](c1ccc(OC)cc1)c1c[nH]c2ccccc12. The number of quaternary nitrogens is 1. The van der Waals surface area contributed by atoms with Gasteiger partial charge in [0.2, 0.25) is 0 Å². The molecule has 0 saturated heterocycles. The van der Waals surface area contributed by atoms with Crippen molar-refractivity contribution in [1.82, 2.24) is 4.98 Å². The number of aromatic nitrogens is 1. The van der Waals surface area contributed by atoms with Crippen LogP contribution in [0.1, 0.15) is 24.0 Å². The van der Waals surface area contributed by atoms with Gasteiger partial charge in [-0.25, -0.2) is 4.79 Å². The number of nitrogens with two attached hydrogens (primary N) is 1. The second-order valence-corrected chi connectivity index (χ2v) is 6.40. The fourth-order valence-corrected chi connectivity index (χ4v) is 3.28. The zero-order valence-electron chi connectivity index (χ0n) is 15.4. The van der Waals surface area contributed by atoms with Gasteiger partial charge in [0.1, 0.15) is 5.75 Å². The maximum absolute atomic E-state index is 11.8. The summed E-state index contributed by atoms with van der Waals surface area (Å²) in [5.41, 5.74) is 3.52. The first kappa shape index (κ1) is 18.0. The van der Waals surface area contributed by atoms with Crippen LogP contribution in [0.15, 0.2) is 54.7 Å². The number of fused-ring (bicyclic) bond motifs is 1. The van der Waals surface area contributed by atoms with Gasteiger partial charge in [-0.2, -0.15) is 0 Å². The molecule has 0 saturated carbocycles. The Balaban J connectivity index is 1.94. The third-order valence-electron chi connectivity index (χ3n) is 4.81. The summed E-state index contributed by atoms with van der Waals surface area (Å²) in [6.45, 7) is 2.61. The number of hydrogen-bond acceptors (Lipinski definition) is 3. The first-order chi connectivity index (χ1) is 12.6. The normalized spacial score (nSPS) is 13.3. The summed E-state index contributed by atoms with van der Waals surface area (Å²) in [6.07, 6.45) is 2.07. The smallest absolute Gasteiger partial charge is 0.364 e. The molecule has 2 aromatic carbocycles. The van der Waals surface area contributed by atoms with E-state index in [9.17, 15) is 4.79 Å². The second-order valence-electron chi connectivity index (χ2n) is 6.40. The van der Waals surface area contributed by atoms with Gasteiger partial charge in [-0.1, -0.05) is 30.3 Å².